The van der Waals surface area contributed by atoms with Crippen LogP contribution in [0.1, 0.15) is 12.8 Å². The van der Waals surface area contributed by atoms with Gasteiger partial charge in [-0.1, -0.05) is 11.9 Å². The zero-order chi connectivity index (χ0) is 9.03. The molecule has 1 N–H and O–H groups in total. The largest absolute Gasteiger partial charge is 0.393 e. The van der Waals surface area contributed by atoms with Gasteiger partial charge in [0, 0.05) is 20.2 Å². The van der Waals surface area contributed by atoms with Gasteiger partial charge >= 0.3 is 0 Å². The van der Waals surface area contributed by atoms with Crippen LogP contribution in [-0.2, 0) is 4.74 Å². The highest BCUT2D eigenvalue weighted by molar-refractivity contribution is 7.96. The minimum absolute atomic E-state index is 0.145. The van der Waals surface area contributed by atoms with E-state index < -0.39 is 0 Å². The van der Waals surface area contributed by atoms with Crippen LogP contribution in [0.2, 0.25) is 0 Å². The fourth-order valence-electron chi connectivity index (χ4n) is 1.50. The summed E-state index contributed by atoms with van der Waals surface area (Å²) >= 11 is 1.76. The highest BCUT2D eigenvalue weighted by atomic mass is 32.2. The second-order valence-electron chi connectivity index (χ2n) is 3.16. The highest BCUT2D eigenvalue weighted by Gasteiger charge is 2.33. The van der Waals surface area contributed by atoms with E-state index in [9.17, 15) is 0 Å². The lowest BCUT2D eigenvalue weighted by Crippen LogP contribution is -2.45. The monoisotopic (exact) mass is 191 g/mol. The predicted molar refractivity (Wildman–Crippen MR) is 51.1 cm³/mol. The SMILES string of the molecule is COC1(CO)CCN(SC)CC1. The maximum absolute atomic E-state index is 9.15. The van der Waals surface area contributed by atoms with Gasteiger partial charge in [-0.15, -0.1) is 0 Å². The summed E-state index contributed by atoms with van der Waals surface area (Å²) in [6.45, 7) is 2.16. The van der Waals surface area contributed by atoms with Crippen molar-refractivity contribution < 1.29 is 9.84 Å². The van der Waals surface area contributed by atoms with Crippen molar-refractivity contribution in [1.29, 1.82) is 0 Å². The van der Waals surface area contributed by atoms with Gasteiger partial charge in [0.1, 0.15) is 0 Å². The lowest BCUT2D eigenvalue weighted by molar-refractivity contribution is -0.0791. The van der Waals surface area contributed by atoms with E-state index in [4.69, 9.17) is 9.84 Å². The van der Waals surface area contributed by atoms with Crippen LogP contribution in [0.4, 0.5) is 0 Å². The number of aliphatic hydroxyl groups excluding tert-OH is 1. The van der Waals surface area contributed by atoms with Gasteiger partial charge in [-0.2, -0.15) is 0 Å². The molecule has 1 heterocycles. The summed E-state index contributed by atoms with van der Waals surface area (Å²) in [5.74, 6) is 0. The summed E-state index contributed by atoms with van der Waals surface area (Å²) < 4.78 is 7.63. The average Bonchev–Trinajstić information content (AvgIpc) is 2.18. The van der Waals surface area contributed by atoms with E-state index in [0.29, 0.717) is 0 Å². The summed E-state index contributed by atoms with van der Waals surface area (Å²) in [5.41, 5.74) is -0.258. The molecule has 72 valence electrons. The summed E-state index contributed by atoms with van der Waals surface area (Å²) in [6.07, 6.45) is 3.94. The Morgan fingerprint density at radius 3 is 2.42 bits per heavy atom. The quantitative estimate of drug-likeness (QED) is 0.667. The summed E-state index contributed by atoms with van der Waals surface area (Å²) in [6, 6.07) is 0. The molecule has 1 aliphatic rings. The molecule has 3 nitrogen and oxygen atoms in total. The molecule has 0 spiro atoms. The van der Waals surface area contributed by atoms with Gasteiger partial charge < -0.3 is 9.84 Å². The van der Waals surface area contributed by atoms with Gasteiger partial charge in [0.25, 0.3) is 0 Å². The summed E-state index contributed by atoms with van der Waals surface area (Å²) in [7, 11) is 1.69. The molecule has 0 aromatic rings. The molecule has 1 rings (SSSR count). The number of rotatable bonds is 3. The Hall–Kier alpha value is 0.230. The molecular weight excluding hydrogens is 174 g/mol. The molecule has 4 heteroatoms. The molecule has 12 heavy (non-hydrogen) atoms. The molecule has 0 atom stereocenters. The van der Waals surface area contributed by atoms with Crippen LogP contribution < -0.4 is 0 Å². The maximum Gasteiger partial charge on any atom is 0.0933 e. The Kier molecular flexibility index (Phi) is 3.83. The molecule has 1 fully saturated rings. The summed E-state index contributed by atoms with van der Waals surface area (Å²) in [4.78, 5) is 0. The van der Waals surface area contributed by atoms with Crippen LogP contribution in [0.25, 0.3) is 0 Å². The van der Waals surface area contributed by atoms with Crippen molar-refractivity contribution in [3.05, 3.63) is 0 Å². The number of hydrogen-bond acceptors (Lipinski definition) is 4. The topological polar surface area (TPSA) is 32.7 Å². The van der Waals surface area contributed by atoms with Crippen LogP contribution in [0.5, 0.6) is 0 Å². The predicted octanol–water partition coefficient (Wildman–Crippen LogP) is 0.738. The standard InChI is InChI=1S/C8H17NO2S/c1-11-8(7-10)3-5-9(12-2)6-4-8/h10H,3-7H2,1-2H3. The number of aliphatic hydroxyl groups is 1. The van der Waals surface area contributed by atoms with E-state index in [1.54, 1.807) is 19.1 Å². The first-order valence-electron chi connectivity index (χ1n) is 4.21. The Balaban J connectivity index is 2.42. The molecule has 0 aliphatic carbocycles. The zero-order valence-electron chi connectivity index (χ0n) is 7.75. The second kappa shape index (κ2) is 4.46. The number of ether oxygens (including phenoxy) is 1. The van der Waals surface area contributed by atoms with Crippen LogP contribution in [0.15, 0.2) is 0 Å². The van der Waals surface area contributed by atoms with E-state index in [1.165, 1.54) is 0 Å². The minimum atomic E-state index is -0.258. The van der Waals surface area contributed by atoms with Crippen LogP contribution in [0, 0.1) is 0 Å². The molecule has 1 saturated heterocycles. The van der Waals surface area contributed by atoms with Crippen molar-refractivity contribution in [2.24, 2.45) is 0 Å². The van der Waals surface area contributed by atoms with E-state index in [1.807, 2.05) is 0 Å². The van der Waals surface area contributed by atoms with E-state index in [-0.39, 0.29) is 12.2 Å². The van der Waals surface area contributed by atoms with Crippen molar-refractivity contribution in [3.63, 3.8) is 0 Å². The zero-order valence-corrected chi connectivity index (χ0v) is 8.56. The van der Waals surface area contributed by atoms with Gasteiger partial charge in [0.2, 0.25) is 0 Å². The van der Waals surface area contributed by atoms with Crippen LogP contribution >= 0.6 is 11.9 Å². The number of piperidine rings is 1. The van der Waals surface area contributed by atoms with E-state index >= 15 is 0 Å². The maximum atomic E-state index is 9.15. The lowest BCUT2D eigenvalue weighted by atomic mass is 9.93. The summed E-state index contributed by atoms with van der Waals surface area (Å²) in [5, 5.41) is 9.15. The van der Waals surface area contributed by atoms with E-state index in [2.05, 4.69) is 10.6 Å². The molecule has 0 bridgehead atoms. The molecule has 0 unspecified atom stereocenters. The van der Waals surface area contributed by atoms with Crippen molar-refractivity contribution in [3.8, 4) is 0 Å². The Bertz CT molecular complexity index is 129. The fraction of sp³-hybridized carbons (Fsp3) is 1.00. The first kappa shape index (κ1) is 10.3. The van der Waals surface area contributed by atoms with Crippen LogP contribution in [0.3, 0.4) is 0 Å². The van der Waals surface area contributed by atoms with Gasteiger partial charge in [0.05, 0.1) is 12.2 Å². The van der Waals surface area contributed by atoms with Gasteiger partial charge in [-0.3, -0.25) is 4.31 Å². The van der Waals surface area contributed by atoms with Crippen molar-refractivity contribution >= 4 is 11.9 Å². The third-order valence-corrected chi connectivity index (χ3v) is 3.49. The minimum Gasteiger partial charge on any atom is -0.393 e. The lowest BCUT2D eigenvalue weighted by Gasteiger charge is -2.38. The van der Waals surface area contributed by atoms with Crippen LogP contribution in [-0.4, -0.2) is 48.1 Å². The Morgan fingerprint density at radius 1 is 1.50 bits per heavy atom. The molecule has 0 radical (unpaired) electrons. The molecular formula is C8H17NO2S. The van der Waals surface area contributed by atoms with E-state index in [0.717, 1.165) is 25.9 Å². The first-order valence-corrected chi connectivity index (χ1v) is 5.39. The van der Waals surface area contributed by atoms with Crippen molar-refractivity contribution in [2.45, 2.75) is 18.4 Å². The Labute approximate surface area is 78.2 Å². The van der Waals surface area contributed by atoms with Crippen molar-refractivity contribution in [2.75, 3.05) is 33.1 Å². The number of hydrogen-bond donors (Lipinski definition) is 1. The normalized spacial score (nSPS) is 24.2. The highest BCUT2D eigenvalue weighted by Crippen LogP contribution is 2.27. The molecule has 0 amide bonds. The van der Waals surface area contributed by atoms with Crippen molar-refractivity contribution in [1.82, 2.24) is 4.31 Å². The number of methoxy groups -OCH3 is 1. The molecule has 0 saturated carbocycles. The Morgan fingerprint density at radius 2 is 2.08 bits per heavy atom. The molecule has 0 aromatic heterocycles. The average molecular weight is 191 g/mol. The van der Waals surface area contributed by atoms with Gasteiger partial charge in [0.15, 0.2) is 0 Å². The first-order chi connectivity index (χ1) is 5.76. The number of nitrogens with zero attached hydrogens (tertiary/aromatic N) is 1. The molecule has 0 aromatic carbocycles. The third kappa shape index (κ3) is 2.13. The van der Waals surface area contributed by atoms with Gasteiger partial charge in [-0.25, -0.2) is 0 Å². The third-order valence-electron chi connectivity index (χ3n) is 2.61. The second-order valence-corrected chi connectivity index (χ2v) is 4.04. The smallest absolute Gasteiger partial charge is 0.0933 e. The van der Waals surface area contributed by atoms with Gasteiger partial charge in [-0.05, 0) is 19.1 Å². The fourth-order valence-corrected chi connectivity index (χ4v) is 2.05. The molecule has 1 aliphatic heterocycles.